The van der Waals surface area contributed by atoms with Gasteiger partial charge in [-0.1, -0.05) is 6.42 Å². The summed E-state index contributed by atoms with van der Waals surface area (Å²) in [4.78, 5) is 14.2. The lowest BCUT2D eigenvalue weighted by Gasteiger charge is -2.28. The third kappa shape index (κ3) is 2.20. The minimum Gasteiger partial charge on any atom is -0.349 e. The first-order valence-electron chi connectivity index (χ1n) is 7.01. The van der Waals surface area contributed by atoms with Gasteiger partial charge >= 0.3 is 0 Å². The SMILES string of the molecule is Cc1ccc(C(=O)N[C@H](C)[C@H]2C[C@@H]3CC[C@@H]2C3)s1. The summed E-state index contributed by atoms with van der Waals surface area (Å²) in [7, 11) is 0. The molecule has 0 aromatic carbocycles. The molecule has 2 bridgehead atoms. The summed E-state index contributed by atoms with van der Waals surface area (Å²) in [6.45, 7) is 4.23. The van der Waals surface area contributed by atoms with Crippen molar-refractivity contribution in [3.8, 4) is 0 Å². The van der Waals surface area contributed by atoms with Gasteiger partial charge in [0, 0.05) is 10.9 Å². The zero-order chi connectivity index (χ0) is 12.7. The van der Waals surface area contributed by atoms with Crippen LogP contribution in [0.25, 0.3) is 0 Å². The molecule has 1 N–H and O–H groups in total. The summed E-state index contributed by atoms with van der Waals surface area (Å²) in [6.07, 6.45) is 5.54. The lowest BCUT2D eigenvalue weighted by molar-refractivity contribution is 0.0919. The molecule has 1 aromatic heterocycles. The predicted molar refractivity (Wildman–Crippen MR) is 74.9 cm³/mol. The van der Waals surface area contributed by atoms with Crippen LogP contribution >= 0.6 is 11.3 Å². The first kappa shape index (κ1) is 12.2. The molecule has 0 unspecified atom stereocenters. The van der Waals surface area contributed by atoms with Gasteiger partial charge in [-0.05, 0) is 63.0 Å². The zero-order valence-corrected chi connectivity index (χ0v) is 11.9. The fraction of sp³-hybridized carbons (Fsp3) is 0.667. The van der Waals surface area contributed by atoms with Gasteiger partial charge in [0.25, 0.3) is 5.91 Å². The number of nitrogens with one attached hydrogen (secondary N) is 1. The van der Waals surface area contributed by atoms with Crippen LogP contribution in [0.1, 0.15) is 47.2 Å². The van der Waals surface area contributed by atoms with E-state index in [4.69, 9.17) is 0 Å². The van der Waals surface area contributed by atoms with Crippen molar-refractivity contribution in [1.82, 2.24) is 5.32 Å². The molecule has 2 fully saturated rings. The van der Waals surface area contributed by atoms with E-state index < -0.39 is 0 Å². The average molecular weight is 263 g/mol. The third-order valence-electron chi connectivity index (χ3n) is 4.76. The Morgan fingerprint density at radius 3 is 2.78 bits per heavy atom. The molecular weight excluding hydrogens is 242 g/mol. The van der Waals surface area contributed by atoms with Crippen LogP contribution in [0.5, 0.6) is 0 Å². The van der Waals surface area contributed by atoms with E-state index in [2.05, 4.69) is 12.2 Å². The summed E-state index contributed by atoms with van der Waals surface area (Å²) in [6, 6.07) is 4.28. The molecule has 98 valence electrons. The highest BCUT2D eigenvalue weighted by Gasteiger charge is 2.42. The number of thiophene rings is 1. The van der Waals surface area contributed by atoms with Crippen molar-refractivity contribution in [1.29, 1.82) is 0 Å². The summed E-state index contributed by atoms with van der Waals surface area (Å²) < 4.78 is 0. The highest BCUT2D eigenvalue weighted by atomic mass is 32.1. The van der Waals surface area contributed by atoms with Crippen LogP contribution in [-0.2, 0) is 0 Å². The molecule has 2 saturated carbocycles. The van der Waals surface area contributed by atoms with Gasteiger partial charge in [0.05, 0.1) is 4.88 Å². The second-order valence-electron chi connectivity index (χ2n) is 6.01. The van der Waals surface area contributed by atoms with Gasteiger partial charge in [-0.2, -0.15) is 0 Å². The Balaban J connectivity index is 1.61. The maximum atomic E-state index is 12.1. The molecular formula is C15H21NOS. The normalized spacial score (nSPS) is 31.6. The fourth-order valence-corrected chi connectivity index (χ4v) is 4.62. The van der Waals surface area contributed by atoms with E-state index in [9.17, 15) is 4.79 Å². The molecule has 0 radical (unpaired) electrons. The lowest BCUT2D eigenvalue weighted by Crippen LogP contribution is -2.39. The second kappa shape index (κ2) is 4.69. The first-order valence-corrected chi connectivity index (χ1v) is 7.82. The van der Waals surface area contributed by atoms with E-state index in [1.165, 1.54) is 30.6 Å². The van der Waals surface area contributed by atoms with Gasteiger partial charge in [-0.15, -0.1) is 11.3 Å². The Hall–Kier alpha value is -0.830. The monoisotopic (exact) mass is 263 g/mol. The van der Waals surface area contributed by atoms with Crippen molar-refractivity contribution >= 4 is 17.2 Å². The van der Waals surface area contributed by atoms with Crippen LogP contribution in [-0.4, -0.2) is 11.9 Å². The van der Waals surface area contributed by atoms with Crippen molar-refractivity contribution in [2.75, 3.05) is 0 Å². The molecule has 0 saturated heterocycles. The number of rotatable bonds is 3. The fourth-order valence-electron chi connectivity index (χ4n) is 3.85. The summed E-state index contributed by atoms with van der Waals surface area (Å²) in [5, 5.41) is 3.21. The average Bonchev–Trinajstić information content (AvgIpc) is 3.03. The van der Waals surface area contributed by atoms with Gasteiger partial charge < -0.3 is 5.32 Å². The quantitative estimate of drug-likeness (QED) is 0.887. The van der Waals surface area contributed by atoms with E-state index in [0.717, 1.165) is 16.7 Å². The van der Waals surface area contributed by atoms with E-state index in [-0.39, 0.29) is 5.91 Å². The van der Waals surface area contributed by atoms with E-state index in [1.54, 1.807) is 11.3 Å². The highest BCUT2D eigenvalue weighted by molar-refractivity contribution is 7.13. The predicted octanol–water partition coefficient (Wildman–Crippen LogP) is 3.61. The third-order valence-corrected chi connectivity index (χ3v) is 5.76. The maximum absolute atomic E-state index is 12.1. The van der Waals surface area contributed by atoms with Crippen LogP contribution in [0.3, 0.4) is 0 Å². The summed E-state index contributed by atoms with van der Waals surface area (Å²) in [5.74, 6) is 2.65. The van der Waals surface area contributed by atoms with Gasteiger partial charge in [0.15, 0.2) is 0 Å². The Kier molecular flexibility index (Phi) is 3.18. The Morgan fingerprint density at radius 2 is 2.22 bits per heavy atom. The number of hydrogen-bond donors (Lipinski definition) is 1. The Morgan fingerprint density at radius 1 is 1.39 bits per heavy atom. The smallest absolute Gasteiger partial charge is 0.261 e. The zero-order valence-electron chi connectivity index (χ0n) is 11.1. The topological polar surface area (TPSA) is 29.1 Å². The first-order chi connectivity index (χ1) is 8.63. The van der Waals surface area contributed by atoms with Crippen molar-refractivity contribution < 1.29 is 4.79 Å². The van der Waals surface area contributed by atoms with Crippen LogP contribution in [0.2, 0.25) is 0 Å². The van der Waals surface area contributed by atoms with Crippen LogP contribution < -0.4 is 5.32 Å². The van der Waals surface area contributed by atoms with Crippen molar-refractivity contribution in [3.63, 3.8) is 0 Å². The molecule has 18 heavy (non-hydrogen) atoms. The molecule has 2 nitrogen and oxygen atoms in total. The van der Waals surface area contributed by atoms with Crippen LogP contribution in [0, 0.1) is 24.7 Å². The molecule has 1 amide bonds. The van der Waals surface area contributed by atoms with Gasteiger partial charge in [-0.3, -0.25) is 4.79 Å². The molecule has 0 aliphatic heterocycles. The van der Waals surface area contributed by atoms with E-state index >= 15 is 0 Å². The highest BCUT2D eigenvalue weighted by Crippen LogP contribution is 2.49. The van der Waals surface area contributed by atoms with Gasteiger partial charge in [0.2, 0.25) is 0 Å². The second-order valence-corrected chi connectivity index (χ2v) is 7.30. The number of aryl methyl sites for hydroxylation is 1. The van der Waals surface area contributed by atoms with Crippen molar-refractivity contribution in [2.45, 2.75) is 45.6 Å². The maximum Gasteiger partial charge on any atom is 0.261 e. The van der Waals surface area contributed by atoms with E-state index in [1.807, 2.05) is 19.1 Å². The minimum atomic E-state index is 0.114. The standard InChI is InChI=1S/C15H21NOS/c1-9-3-6-14(18-9)15(17)16-10(2)13-8-11-4-5-12(13)7-11/h3,6,10-13H,4-5,7-8H2,1-2H3,(H,16,17)/t10-,11-,12-,13-/m1/s1. The largest absolute Gasteiger partial charge is 0.349 e. The summed E-state index contributed by atoms with van der Waals surface area (Å²) in [5.41, 5.74) is 0. The number of carbonyl (C=O) groups is 1. The molecule has 0 spiro atoms. The van der Waals surface area contributed by atoms with Crippen LogP contribution in [0.4, 0.5) is 0 Å². The molecule has 3 heteroatoms. The number of carbonyl (C=O) groups excluding carboxylic acids is 1. The lowest BCUT2D eigenvalue weighted by atomic mass is 9.84. The number of fused-ring (bicyclic) bond motifs is 2. The van der Waals surface area contributed by atoms with Crippen LogP contribution in [0.15, 0.2) is 12.1 Å². The van der Waals surface area contributed by atoms with Crippen molar-refractivity contribution in [2.24, 2.45) is 17.8 Å². The number of amides is 1. The van der Waals surface area contributed by atoms with E-state index in [0.29, 0.717) is 12.0 Å². The molecule has 4 atom stereocenters. The molecule has 2 aliphatic carbocycles. The van der Waals surface area contributed by atoms with Gasteiger partial charge in [-0.25, -0.2) is 0 Å². The molecule has 1 aromatic rings. The van der Waals surface area contributed by atoms with Crippen molar-refractivity contribution in [3.05, 3.63) is 21.9 Å². The minimum absolute atomic E-state index is 0.114. The van der Waals surface area contributed by atoms with Gasteiger partial charge in [0.1, 0.15) is 0 Å². The molecule has 2 aliphatic rings. The molecule has 1 heterocycles. The number of hydrogen-bond acceptors (Lipinski definition) is 2. The summed E-state index contributed by atoms with van der Waals surface area (Å²) >= 11 is 1.58. The Bertz CT molecular complexity index is 453. The Labute approximate surface area is 113 Å². The molecule has 3 rings (SSSR count).